The molecule has 0 unspecified atom stereocenters. The van der Waals surface area contributed by atoms with Crippen molar-refractivity contribution in [3.8, 4) is 0 Å². The van der Waals surface area contributed by atoms with E-state index in [0.717, 1.165) is 0 Å². The van der Waals surface area contributed by atoms with Gasteiger partial charge >= 0.3 is 11.9 Å². The largest absolute Gasteiger partial charge is 0.481 e. The van der Waals surface area contributed by atoms with Crippen LogP contribution in [0.5, 0.6) is 0 Å². The number of unbranched alkanes of at least 4 members (excludes halogenated alkanes) is 1. The van der Waals surface area contributed by atoms with Crippen molar-refractivity contribution in [2.24, 2.45) is 35.1 Å². The van der Waals surface area contributed by atoms with E-state index in [1.165, 1.54) is 19.4 Å². The number of nitrogens with zero attached hydrogens (tertiary/aromatic N) is 1. The summed E-state index contributed by atoms with van der Waals surface area (Å²) in [5.41, 5.74) is 12.9. The maximum atomic E-state index is 14.5. The number of imidazole rings is 1. The Kier molecular flexibility index (Phi) is 29.2. The fourth-order valence-corrected chi connectivity index (χ4v) is 8.10. The summed E-state index contributed by atoms with van der Waals surface area (Å²) >= 11 is 0. The zero-order chi connectivity index (χ0) is 57.9. The maximum absolute atomic E-state index is 14.5. The molecule has 15 N–H and O–H groups in total. The number of aliphatic carboxylic acids is 2. The third kappa shape index (κ3) is 24.7. The van der Waals surface area contributed by atoms with Gasteiger partial charge in [0.05, 0.1) is 12.4 Å². The maximum Gasteiger partial charge on any atom is 0.326 e. The minimum atomic E-state index is -1.53. The smallest absolute Gasteiger partial charge is 0.326 e. The molecule has 0 fully saturated rings. The van der Waals surface area contributed by atoms with E-state index in [0.29, 0.717) is 30.5 Å². The van der Waals surface area contributed by atoms with Crippen molar-refractivity contribution in [3.63, 3.8) is 0 Å². The lowest BCUT2D eigenvalue weighted by Gasteiger charge is -2.28. The molecule has 8 amide bonds. The Morgan fingerprint density at radius 2 is 0.987 bits per heavy atom. The van der Waals surface area contributed by atoms with Crippen LogP contribution in [-0.2, 0) is 60.8 Å². The molecule has 2 rings (SSSR count). The van der Waals surface area contributed by atoms with E-state index >= 15 is 0 Å². The normalized spacial score (nSPS) is 15.2. The van der Waals surface area contributed by atoms with Crippen LogP contribution in [0.2, 0.25) is 0 Å². The Morgan fingerprint density at radius 3 is 1.48 bits per heavy atom. The molecule has 0 aliphatic heterocycles. The monoisotopic (exact) mass is 1080 g/mol. The van der Waals surface area contributed by atoms with Crippen LogP contribution < -0.4 is 54.0 Å². The Balaban J connectivity index is 2.47. The number of amides is 8. The molecule has 1 heterocycles. The number of carbonyl (C=O) groups is 10. The van der Waals surface area contributed by atoms with Gasteiger partial charge in [-0.05, 0) is 87.6 Å². The Morgan fingerprint density at radius 1 is 0.545 bits per heavy atom. The molecule has 0 saturated heterocycles. The molecule has 430 valence electrons. The number of hydrogen-bond acceptors (Lipinski definition) is 13. The van der Waals surface area contributed by atoms with Gasteiger partial charge in [-0.15, -0.1) is 0 Å². The lowest BCUT2D eigenvalue weighted by molar-refractivity contribution is -0.143. The fourth-order valence-electron chi connectivity index (χ4n) is 8.10. The first-order chi connectivity index (χ1) is 36.3. The van der Waals surface area contributed by atoms with Gasteiger partial charge in [0.2, 0.25) is 47.3 Å². The molecule has 24 nitrogen and oxygen atoms in total. The zero-order valence-corrected chi connectivity index (χ0v) is 46.1. The van der Waals surface area contributed by atoms with Gasteiger partial charge in [-0.3, -0.25) is 43.2 Å². The summed E-state index contributed by atoms with van der Waals surface area (Å²) < 4.78 is 0. The number of aromatic nitrogens is 2. The second kappa shape index (κ2) is 33.9. The number of benzene rings is 1. The summed E-state index contributed by atoms with van der Waals surface area (Å²) in [5.74, 6) is -9.28. The number of nitrogens with one attached hydrogen (secondary N) is 9. The summed E-state index contributed by atoms with van der Waals surface area (Å²) in [6.07, 6.45) is 3.39. The lowest BCUT2D eigenvalue weighted by Crippen LogP contribution is -2.61. The zero-order valence-electron chi connectivity index (χ0n) is 46.1. The topological polar surface area (TPSA) is 388 Å². The molecule has 0 bridgehead atoms. The van der Waals surface area contributed by atoms with Gasteiger partial charge in [-0.1, -0.05) is 92.1 Å². The summed E-state index contributed by atoms with van der Waals surface area (Å²) in [7, 11) is 0. The molecule has 77 heavy (non-hydrogen) atoms. The summed E-state index contributed by atoms with van der Waals surface area (Å²) in [5, 5.41) is 40.4. The van der Waals surface area contributed by atoms with E-state index < -0.39 is 126 Å². The second-order valence-electron chi connectivity index (χ2n) is 21.0. The molecule has 24 heteroatoms. The number of carbonyl (C=O) groups excluding carboxylic acids is 8. The first-order valence-corrected chi connectivity index (χ1v) is 26.6. The SMILES string of the molecule is CC[C@H](C)[C@H](N)C(=O)N[C@@H](CC(C)C)C(=O)N[C@@H](C)C(=O)N[C@@H](CCCCN)C(=O)N[C@@H](Cc1ccccc1)C(=O)N[C@@H](CC(C)C)C(=O)N[C@@H](Cc1cnc[nH]1)C(=O)N[C@@H](CCC(=O)O)C(=O)N[C@@H](CC(C)C)C(=O)O. The quantitative estimate of drug-likeness (QED) is 0.0418. The fraction of sp³-hybridized carbons (Fsp3) is 0.642. The number of rotatable bonds is 36. The highest BCUT2D eigenvalue weighted by atomic mass is 16.4. The number of H-pyrrole nitrogens is 1. The van der Waals surface area contributed by atoms with Gasteiger partial charge in [0.15, 0.2) is 0 Å². The van der Waals surface area contributed by atoms with Gasteiger partial charge < -0.3 is 69.2 Å². The van der Waals surface area contributed by atoms with E-state index in [2.05, 4.69) is 52.5 Å². The first kappa shape index (κ1) is 66.2. The number of carboxylic acid groups (broad SMARTS) is 2. The number of aromatic amines is 1. The van der Waals surface area contributed by atoms with Crippen LogP contribution in [0, 0.1) is 23.7 Å². The molecule has 1 aromatic heterocycles. The van der Waals surface area contributed by atoms with Crippen molar-refractivity contribution >= 4 is 59.2 Å². The molecular formula is C53H86N12O12. The number of carboxylic acids is 2. The van der Waals surface area contributed by atoms with Crippen LogP contribution >= 0.6 is 0 Å². The second-order valence-corrected chi connectivity index (χ2v) is 21.0. The summed E-state index contributed by atoms with van der Waals surface area (Å²) in [6, 6.07) is -2.59. The van der Waals surface area contributed by atoms with Crippen molar-refractivity contribution in [3.05, 3.63) is 54.1 Å². The van der Waals surface area contributed by atoms with Crippen LogP contribution in [0.3, 0.4) is 0 Å². The average molecular weight is 1080 g/mol. The van der Waals surface area contributed by atoms with Gasteiger partial charge in [0.25, 0.3) is 0 Å². The van der Waals surface area contributed by atoms with Crippen LogP contribution in [0.1, 0.15) is 131 Å². The van der Waals surface area contributed by atoms with Gasteiger partial charge in [0.1, 0.15) is 48.3 Å². The summed E-state index contributed by atoms with van der Waals surface area (Å²) in [6.45, 7) is 16.3. The van der Waals surface area contributed by atoms with Crippen LogP contribution in [-0.4, -0.2) is 140 Å². The number of nitrogens with two attached hydrogens (primary N) is 2. The highest BCUT2D eigenvalue weighted by molar-refractivity contribution is 5.98. The molecule has 2 aromatic rings. The molecule has 0 saturated carbocycles. The molecule has 0 spiro atoms. The Hall–Kier alpha value is -6.95. The standard InChI is InChI=1S/C53H86N12O12/c1-10-32(8)44(55)52(75)64-38(22-29(2)3)48(71)58-33(9)45(68)59-36(18-14-15-21-54)46(69)62-40(25-34-16-12-11-13-17-34)50(73)61-39(23-30(4)5)49(72)63-41(26-35-27-56-28-57-35)51(74)60-37(19-20-43(66)67)47(70)65-42(53(76)77)24-31(6)7/h11-13,16-17,27-33,36-42,44H,10,14-15,18-26,54-55H2,1-9H3,(H,56,57)(H,58,71)(H,59,68)(H,60,74)(H,61,73)(H,62,69)(H,63,72)(H,64,75)(H,65,70)(H,66,67)(H,76,77)/t32-,33-,36-,37-,38-,39-,40-,41-,42-,44-/m0/s1. The molecule has 10 atom stereocenters. The summed E-state index contributed by atoms with van der Waals surface area (Å²) in [4.78, 5) is 142. The molecule has 0 radical (unpaired) electrons. The molecule has 0 aliphatic carbocycles. The van der Waals surface area contributed by atoms with E-state index in [4.69, 9.17) is 11.5 Å². The predicted molar refractivity (Wildman–Crippen MR) is 287 cm³/mol. The van der Waals surface area contributed by atoms with Gasteiger partial charge in [0, 0.05) is 31.2 Å². The van der Waals surface area contributed by atoms with E-state index in [-0.39, 0.29) is 68.7 Å². The third-order valence-electron chi connectivity index (χ3n) is 12.7. The van der Waals surface area contributed by atoms with Crippen molar-refractivity contribution in [1.29, 1.82) is 0 Å². The van der Waals surface area contributed by atoms with Crippen LogP contribution in [0.25, 0.3) is 0 Å². The van der Waals surface area contributed by atoms with Crippen molar-refractivity contribution < 1.29 is 58.2 Å². The minimum Gasteiger partial charge on any atom is -0.481 e. The Labute approximate surface area is 451 Å². The number of hydrogen-bond donors (Lipinski definition) is 13. The minimum absolute atomic E-state index is 0.0212. The van der Waals surface area contributed by atoms with Crippen molar-refractivity contribution in [1.82, 2.24) is 52.5 Å². The van der Waals surface area contributed by atoms with Crippen molar-refractivity contribution in [2.75, 3.05) is 6.54 Å². The highest BCUT2D eigenvalue weighted by Crippen LogP contribution is 2.14. The van der Waals surface area contributed by atoms with Crippen molar-refractivity contribution in [2.45, 2.75) is 187 Å². The van der Waals surface area contributed by atoms with Gasteiger partial charge in [-0.2, -0.15) is 0 Å². The van der Waals surface area contributed by atoms with Crippen LogP contribution in [0.15, 0.2) is 42.9 Å². The Bertz CT molecular complexity index is 2230. The molecule has 0 aliphatic rings. The van der Waals surface area contributed by atoms with Crippen LogP contribution in [0.4, 0.5) is 0 Å². The van der Waals surface area contributed by atoms with Gasteiger partial charge in [-0.25, -0.2) is 9.78 Å². The molecular weight excluding hydrogens is 997 g/mol. The first-order valence-electron chi connectivity index (χ1n) is 26.6. The predicted octanol–water partition coefficient (Wildman–Crippen LogP) is 0.683. The molecule has 1 aromatic carbocycles. The highest BCUT2D eigenvalue weighted by Gasteiger charge is 2.36. The van der Waals surface area contributed by atoms with E-state index in [1.54, 1.807) is 58.0 Å². The average Bonchev–Trinajstić information content (AvgIpc) is 3.88. The van der Waals surface area contributed by atoms with E-state index in [9.17, 15) is 58.2 Å². The van der Waals surface area contributed by atoms with E-state index in [1.807, 2.05) is 27.7 Å². The lowest BCUT2D eigenvalue weighted by atomic mass is 9.97. The third-order valence-corrected chi connectivity index (χ3v) is 12.7.